The maximum absolute atomic E-state index is 12.1. The predicted molar refractivity (Wildman–Crippen MR) is 69.8 cm³/mol. The van der Waals surface area contributed by atoms with Crippen LogP contribution >= 0.6 is 0 Å². The summed E-state index contributed by atoms with van der Waals surface area (Å²) in [5.74, 6) is -0.206. The van der Waals surface area contributed by atoms with E-state index in [4.69, 9.17) is 0 Å². The highest BCUT2D eigenvalue weighted by atomic mass is 16.5. The van der Waals surface area contributed by atoms with Crippen molar-refractivity contribution in [3.8, 4) is 0 Å². The summed E-state index contributed by atoms with van der Waals surface area (Å²) >= 11 is 0. The lowest BCUT2D eigenvalue weighted by atomic mass is 10.00. The lowest BCUT2D eigenvalue weighted by Gasteiger charge is -2.14. The Kier molecular flexibility index (Phi) is 3.47. The summed E-state index contributed by atoms with van der Waals surface area (Å²) in [6.07, 6.45) is 3.22. The largest absolute Gasteiger partial charge is 0.391 e. The summed E-state index contributed by atoms with van der Waals surface area (Å²) in [7, 11) is 0. The van der Waals surface area contributed by atoms with Gasteiger partial charge in [0.25, 0.3) is 5.91 Å². The maximum atomic E-state index is 12.1. The Morgan fingerprint density at radius 2 is 2.30 bits per heavy atom. The highest BCUT2D eigenvalue weighted by Gasteiger charge is 2.35. The van der Waals surface area contributed by atoms with E-state index < -0.39 is 6.10 Å². The zero-order chi connectivity index (χ0) is 13.9. The molecule has 3 rings (SSSR count). The second kappa shape index (κ2) is 5.42. The molecular weight excluding hydrogens is 258 g/mol. The fourth-order valence-corrected chi connectivity index (χ4v) is 2.49. The topological polar surface area (TPSA) is 79.5 Å². The van der Waals surface area contributed by atoms with Crippen molar-refractivity contribution in [1.29, 1.82) is 0 Å². The van der Waals surface area contributed by atoms with Crippen LogP contribution in [0.4, 0.5) is 0 Å². The summed E-state index contributed by atoms with van der Waals surface area (Å²) < 4.78 is 4.67. The van der Waals surface area contributed by atoms with E-state index in [-0.39, 0.29) is 17.5 Å². The van der Waals surface area contributed by atoms with Crippen molar-refractivity contribution in [1.82, 2.24) is 15.0 Å². The van der Waals surface area contributed by atoms with Crippen molar-refractivity contribution in [2.24, 2.45) is 5.92 Å². The number of carbonyl (C=O) groups excluding carboxylic acids is 1. The molecule has 0 aliphatic carbocycles. The highest BCUT2D eigenvalue weighted by molar-refractivity contribution is 5.92. The SMILES string of the molecule is O=C(c1ccon1)N1C[C@@H](Cc2ccccn2)[C@H](O)C1. The summed E-state index contributed by atoms with van der Waals surface area (Å²) in [6.45, 7) is 0.826. The van der Waals surface area contributed by atoms with E-state index in [1.807, 2.05) is 18.2 Å². The van der Waals surface area contributed by atoms with Crippen LogP contribution in [0, 0.1) is 5.92 Å². The number of amides is 1. The maximum Gasteiger partial charge on any atom is 0.276 e. The van der Waals surface area contributed by atoms with Crippen molar-refractivity contribution in [3.63, 3.8) is 0 Å². The fourth-order valence-electron chi connectivity index (χ4n) is 2.49. The fraction of sp³-hybridized carbons (Fsp3) is 0.357. The van der Waals surface area contributed by atoms with Gasteiger partial charge >= 0.3 is 0 Å². The molecule has 0 spiro atoms. The van der Waals surface area contributed by atoms with Gasteiger partial charge in [0, 0.05) is 37.0 Å². The molecule has 1 aliphatic rings. The minimum atomic E-state index is -0.534. The average Bonchev–Trinajstić information content (AvgIpc) is 3.10. The van der Waals surface area contributed by atoms with E-state index in [2.05, 4.69) is 14.7 Å². The Bertz CT molecular complexity index is 571. The highest BCUT2D eigenvalue weighted by Crippen LogP contribution is 2.22. The summed E-state index contributed by atoms with van der Waals surface area (Å²) in [5, 5.41) is 13.7. The van der Waals surface area contributed by atoms with Crippen LogP contribution < -0.4 is 0 Å². The molecule has 104 valence electrons. The Morgan fingerprint density at radius 1 is 1.40 bits per heavy atom. The van der Waals surface area contributed by atoms with Crippen LogP contribution in [0.5, 0.6) is 0 Å². The van der Waals surface area contributed by atoms with Gasteiger partial charge in [-0.2, -0.15) is 0 Å². The number of hydrogen-bond acceptors (Lipinski definition) is 5. The third kappa shape index (κ3) is 2.55. The molecule has 0 saturated carbocycles. The number of aliphatic hydroxyl groups excluding tert-OH is 1. The number of aliphatic hydroxyl groups is 1. The first kappa shape index (κ1) is 12.8. The number of pyridine rings is 1. The number of nitrogens with zero attached hydrogens (tertiary/aromatic N) is 3. The Hall–Kier alpha value is -2.21. The van der Waals surface area contributed by atoms with Crippen LogP contribution in [0.2, 0.25) is 0 Å². The molecule has 20 heavy (non-hydrogen) atoms. The Balaban J connectivity index is 1.66. The second-order valence-electron chi connectivity index (χ2n) is 4.95. The molecule has 0 radical (unpaired) electrons. The molecule has 0 unspecified atom stereocenters. The normalized spacial score (nSPS) is 22.1. The van der Waals surface area contributed by atoms with Crippen molar-refractivity contribution < 1.29 is 14.4 Å². The van der Waals surface area contributed by atoms with E-state index in [0.717, 1.165) is 5.69 Å². The zero-order valence-electron chi connectivity index (χ0n) is 10.8. The van der Waals surface area contributed by atoms with Crippen molar-refractivity contribution in [3.05, 3.63) is 48.1 Å². The van der Waals surface area contributed by atoms with E-state index in [1.165, 1.54) is 12.3 Å². The van der Waals surface area contributed by atoms with Gasteiger partial charge in [0.2, 0.25) is 0 Å². The molecule has 1 fully saturated rings. The first-order valence-corrected chi connectivity index (χ1v) is 6.51. The summed E-state index contributed by atoms with van der Waals surface area (Å²) in [5.41, 5.74) is 1.20. The molecule has 1 saturated heterocycles. The Labute approximate surface area is 116 Å². The van der Waals surface area contributed by atoms with Crippen molar-refractivity contribution >= 4 is 5.91 Å². The zero-order valence-corrected chi connectivity index (χ0v) is 10.8. The monoisotopic (exact) mass is 273 g/mol. The first-order valence-electron chi connectivity index (χ1n) is 6.51. The molecule has 2 atom stereocenters. The lowest BCUT2D eigenvalue weighted by molar-refractivity contribution is 0.0754. The van der Waals surface area contributed by atoms with Crippen molar-refractivity contribution in [2.45, 2.75) is 12.5 Å². The third-order valence-corrected chi connectivity index (χ3v) is 3.55. The van der Waals surface area contributed by atoms with Gasteiger partial charge in [-0.1, -0.05) is 11.2 Å². The minimum Gasteiger partial charge on any atom is -0.391 e. The molecule has 1 aliphatic heterocycles. The molecule has 6 nitrogen and oxygen atoms in total. The molecule has 3 heterocycles. The van der Waals surface area contributed by atoms with Crippen LogP contribution in [-0.4, -0.2) is 45.2 Å². The first-order chi connectivity index (χ1) is 9.74. The predicted octanol–water partition coefficient (Wildman–Crippen LogP) is 0.745. The molecular formula is C14H15N3O3. The van der Waals surface area contributed by atoms with Gasteiger partial charge in [-0.3, -0.25) is 9.78 Å². The molecule has 0 aromatic carbocycles. The molecule has 2 aromatic heterocycles. The van der Waals surface area contributed by atoms with Gasteiger partial charge in [0.15, 0.2) is 5.69 Å². The van der Waals surface area contributed by atoms with Gasteiger partial charge in [0.05, 0.1) is 6.10 Å². The van der Waals surface area contributed by atoms with E-state index >= 15 is 0 Å². The van der Waals surface area contributed by atoms with Crippen LogP contribution in [0.3, 0.4) is 0 Å². The van der Waals surface area contributed by atoms with Gasteiger partial charge in [0.1, 0.15) is 6.26 Å². The van der Waals surface area contributed by atoms with E-state index in [9.17, 15) is 9.90 Å². The van der Waals surface area contributed by atoms with Crippen LogP contribution in [0.1, 0.15) is 16.2 Å². The number of carbonyl (C=O) groups is 1. The molecule has 6 heteroatoms. The molecule has 1 amide bonds. The van der Waals surface area contributed by atoms with Crippen LogP contribution in [-0.2, 0) is 6.42 Å². The molecule has 2 aromatic rings. The van der Waals surface area contributed by atoms with Gasteiger partial charge in [-0.25, -0.2) is 0 Å². The number of aromatic nitrogens is 2. The van der Waals surface area contributed by atoms with Crippen molar-refractivity contribution in [2.75, 3.05) is 13.1 Å². The number of hydrogen-bond donors (Lipinski definition) is 1. The van der Waals surface area contributed by atoms with Gasteiger partial charge in [-0.05, 0) is 18.6 Å². The lowest BCUT2D eigenvalue weighted by Crippen LogP contribution is -2.29. The van der Waals surface area contributed by atoms with E-state index in [0.29, 0.717) is 19.5 Å². The summed E-state index contributed by atoms with van der Waals surface area (Å²) in [6, 6.07) is 7.23. The molecule has 0 bridgehead atoms. The molecule has 1 N–H and O–H groups in total. The average molecular weight is 273 g/mol. The summed E-state index contributed by atoms with van der Waals surface area (Å²) in [4.78, 5) is 18.0. The minimum absolute atomic E-state index is 0.000695. The van der Waals surface area contributed by atoms with Gasteiger partial charge in [-0.15, -0.1) is 0 Å². The van der Waals surface area contributed by atoms with Crippen LogP contribution in [0.25, 0.3) is 0 Å². The number of likely N-dealkylation sites (tertiary alicyclic amines) is 1. The van der Waals surface area contributed by atoms with Gasteiger partial charge < -0.3 is 14.5 Å². The number of β-amino-alcohol motifs (C(OH)–C–C–N with tert-alkyl or cyclic N) is 1. The smallest absolute Gasteiger partial charge is 0.276 e. The quantitative estimate of drug-likeness (QED) is 0.892. The standard InChI is InChI=1S/C14H15N3O3/c18-13-9-17(14(19)12-4-6-20-16-12)8-10(13)7-11-3-1-2-5-15-11/h1-6,10,13,18H,7-9H2/t10-,13-/m1/s1. The third-order valence-electron chi connectivity index (χ3n) is 3.55. The van der Waals surface area contributed by atoms with E-state index in [1.54, 1.807) is 11.1 Å². The number of rotatable bonds is 3. The Morgan fingerprint density at radius 3 is 3.00 bits per heavy atom. The second-order valence-corrected chi connectivity index (χ2v) is 4.95. The van der Waals surface area contributed by atoms with Crippen LogP contribution in [0.15, 0.2) is 41.2 Å².